The van der Waals surface area contributed by atoms with E-state index in [9.17, 15) is 4.79 Å². The van der Waals surface area contributed by atoms with Crippen molar-refractivity contribution in [1.29, 1.82) is 0 Å². The molecule has 2 heterocycles. The Hall–Kier alpha value is -2.46. The van der Waals surface area contributed by atoms with Gasteiger partial charge in [0.05, 0.1) is 5.69 Å². The number of fused-ring (bicyclic) bond motifs is 1. The zero-order valence-electron chi connectivity index (χ0n) is 17.4. The zero-order chi connectivity index (χ0) is 20.1. The highest BCUT2D eigenvalue weighted by Crippen LogP contribution is 2.23. The number of pyridine rings is 1. The second-order valence-electron chi connectivity index (χ2n) is 7.89. The van der Waals surface area contributed by atoms with Gasteiger partial charge in [0, 0.05) is 24.3 Å². The first-order valence-electron chi connectivity index (χ1n) is 10.3. The van der Waals surface area contributed by atoms with Gasteiger partial charge in [0.2, 0.25) is 0 Å². The first-order chi connectivity index (χ1) is 13.5. The van der Waals surface area contributed by atoms with Crippen molar-refractivity contribution in [1.82, 2.24) is 14.7 Å². The second kappa shape index (κ2) is 9.16. The van der Waals surface area contributed by atoms with Crippen molar-refractivity contribution in [2.45, 2.75) is 59.5 Å². The average Bonchev–Trinajstić information content (AvgIpc) is 2.67. The van der Waals surface area contributed by atoms with Gasteiger partial charge in [0.25, 0.3) is 5.56 Å². The van der Waals surface area contributed by atoms with Crippen molar-refractivity contribution in [2.75, 3.05) is 0 Å². The van der Waals surface area contributed by atoms with Crippen molar-refractivity contribution >= 4 is 5.65 Å². The van der Waals surface area contributed by atoms with Crippen LogP contribution < -0.4 is 10.9 Å². The third-order valence-corrected chi connectivity index (χ3v) is 5.26. The average molecular weight is 378 g/mol. The first kappa shape index (κ1) is 20.3. The molecule has 0 saturated carbocycles. The normalized spacial score (nSPS) is 12.6. The van der Waals surface area contributed by atoms with E-state index in [0.717, 1.165) is 17.8 Å². The van der Waals surface area contributed by atoms with Crippen LogP contribution in [0.25, 0.3) is 5.65 Å². The van der Waals surface area contributed by atoms with E-state index in [1.807, 2.05) is 25.1 Å². The molecule has 0 amide bonds. The van der Waals surface area contributed by atoms with Crippen LogP contribution in [0.4, 0.5) is 0 Å². The molecule has 1 atom stereocenters. The molecule has 4 heteroatoms. The van der Waals surface area contributed by atoms with Gasteiger partial charge >= 0.3 is 0 Å². The van der Waals surface area contributed by atoms with Crippen LogP contribution in [0.5, 0.6) is 0 Å². The molecule has 0 radical (unpaired) electrons. The topological polar surface area (TPSA) is 46.4 Å². The maximum absolute atomic E-state index is 12.5. The molecule has 0 aliphatic carbocycles. The third kappa shape index (κ3) is 4.68. The number of rotatable bonds is 8. The van der Waals surface area contributed by atoms with E-state index in [4.69, 9.17) is 0 Å². The summed E-state index contributed by atoms with van der Waals surface area (Å²) in [5.74, 6) is 0.435. The van der Waals surface area contributed by atoms with Crippen LogP contribution >= 0.6 is 0 Å². The second-order valence-corrected chi connectivity index (χ2v) is 7.89. The van der Waals surface area contributed by atoms with Gasteiger partial charge in [-0.3, -0.25) is 9.20 Å². The van der Waals surface area contributed by atoms with Crippen LogP contribution in [-0.4, -0.2) is 9.38 Å². The first-order valence-corrected chi connectivity index (χ1v) is 10.3. The number of aryl methyl sites for hydroxylation is 2. The number of hydrogen-bond donors (Lipinski definition) is 1. The Balaban J connectivity index is 1.77. The van der Waals surface area contributed by atoms with E-state index in [1.165, 1.54) is 24.0 Å². The van der Waals surface area contributed by atoms with Gasteiger partial charge < -0.3 is 5.32 Å². The standard InChI is InChI=1S/C24H31N3O/c1-5-6-9-19-11-13-20(14-12-19)24(17(2)3)25-16-21-15-23(28)27-18(4)8-7-10-22(27)26-21/h7-8,10-15,17,24-25H,5-6,9,16H2,1-4H3/t24-/m0/s1. The minimum Gasteiger partial charge on any atom is -0.304 e. The van der Waals surface area contributed by atoms with E-state index in [2.05, 4.69) is 55.3 Å². The van der Waals surface area contributed by atoms with Gasteiger partial charge in [-0.1, -0.05) is 57.5 Å². The molecule has 0 aliphatic heterocycles. The van der Waals surface area contributed by atoms with Crippen LogP contribution in [-0.2, 0) is 13.0 Å². The number of nitrogens with zero attached hydrogens (tertiary/aromatic N) is 2. The van der Waals surface area contributed by atoms with E-state index >= 15 is 0 Å². The predicted octanol–water partition coefficient (Wildman–Crippen LogP) is 4.83. The lowest BCUT2D eigenvalue weighted by molar-refractivity contribution is 0.408. The molecule has 4 nitrogen and oxygen atoms in total. The van der Waals surface area contributed by atoms with Crippen molar-refractivity contribution in [2.24, 2.45) is 5.92 Å². The molecule has 1 N–H and O–H groups in total. The van der Waals surface area contributed by atoms with Crippen LogP contribution in [0.15, 0.2) is 53.3 Å². The Labute approximate surface area is 167 Å². The number of benzene rings is 1. The Morgan fingerprint density at radius 1 is 1.11 bits per heavy atom. The molecule has 0 aliphatic rings. The predicted molar refractivity (Wildman–Crippen MR) is 116 cm³/mol. The van der Waals surface area contributed by atoms with E-state index in [1.54, 1.807) is 10.5 Å². The molecule has 3 aromatic rings. The summed E-state index contributed by atoms with van der Waals surface area (Å²) in [5.41, 5.74) is 5.03. The van der Waals surface area contributed by atoms with E-state index < -0.39 is 0 Å². The zero-order valence-corrected chi connectivity index (χ0v) is 17.4. The minimum atomic E-state index is -0.0266. The van der Waals surface area contributed by atoms with E-state index in [-0.39, 0.29) is 11.6 Å². The fraction of sp³-hybridized carbons (Fsp3) is 0.417. The molecule has 0 fully saturated rings. The van der Waals surface area contributed by atoms with Gasteiger partial charge in [-0.25, -0.2) is 4.98 Å². The largest absolute Gasteiger partial charge is 0.304 e. The Kier molecular flexibility index (Phi) is 6.63. The Bertz CT molecular complexity index is 973. The van der Waals surface area contributed by atoms with Gasteiger partial charge in [-0.05, 0) is 48.9 Å². The maximum Gasteiger partial charge on any atom is 0.258 e. The summed E-state index contributed by atoms with van der Waals surface area (Å²) >= 11 is 0. The van der Waals surface area contributed by atoms with Crippen molar-refractivity contribution in [3.63, 3.8) is 0 Å². The lowest BCUT2D eigenvalue weighted by Gasteiger charge is -2.23. The molecule has 148 valence electrons. The fourth-order valence-corrected chi connectivity index (χ4v) is 3.68. The number of unbranched alkanes of at least 4 members (excludes halogenated alkanes) is 1. The summed E-state index contributed by atoms with van der Waals surface area (Å²) in [6.45, 7) is 9.15. The summed E-state index contributed by atoms with van der Waals surface area (Å²) in [7, 11) is 0. The lowest BCUT2D eigenvalue weighted by atomic mass is 9.94. The summed E-state index contributed by atoms with van der Waals surface area (Å²) < 4.78 is 1.65. The summed E-state index contributed by atoms with van der Waals surface area (Å²) in [4.78, 5) is 17.2. The summed E-state index contributed by atoms with van der Waals surface area (Å²) in [5, 5.41) is 3.61. The monoisotopic (exact) mass is 377 g/mol. The molecule has 0 unspecified atom stereocenters. The summed E-state index contributed by atoms with van der Waals surface area (Å²) in [6.07, 6.45) is 3.59. The number of aromatic nitrogens is 2. The molecule has 28 heavy (non-hydrogen) atoms. The van der Waals surface area contributed by atoms with Crippen LogP contribution in [0.2, 0.25) is 0 Å². The molecular weight excluding hydrogens is 346 g/mol. The number of hydrogen-bond acceptors (Lipinski definition) is 3. The van der Waals surface area contributed by atoms with Crippen molar-refractivity contribution in [3.8, 4) is 0 Å². The van der Waals surface area contributed by atoms with Gasteiger partial charge in [0.15, 0.2) is 0 Å². The molecule has 0 spiro atoms. The van der Waals surface area contributed by atoms with Crippen molar-refractivity contribution in [3.05, 3.63) is 81.4 Å². The molecule has 0 bridgehead atoms. The smallest absolute Gasteiger partial charge is 0.258 e. The van der Waals surface area contributed by atoms with Crippen LogP contribution in [0.3, 0.4) is 0 Å². The Morgan fingerprint density at radius 2 is 1.86 bits per heavy atom. The third-order valence-electron chi connectivity index (χ3n) is 5.26. The molecule has 0 saturated heterocycles. The molecule has 1 aromatic carbocycles. The maximum atomic E-state index is 12.5. The highest BCUT2D eigenvalue weighted by Gasteiger charge is 2.16. The molecule has 3 rings (SSSR count). The van der Waals surface area contributed by atoms with Gasteiger partial charge in [-0.15, -0.1) is 0 Å². The molecule has 2 aromatic heterocycles. The molecular formula is C24H31N3O. The van der Waals surface area contributed by atoms with Crippen LogP contribution in [0.1, 0.15) is 62.2 Å². The van der Waals surface area contributed by atoms with Gasteiger partial charge in [0.1, 0.15) is 5.65 Å². The highest BCUT2D eigenvalue weighted by molar-refractivity contribution is 5.40. The van der Waals surface area contributed by atoms with Crippen molar-refractivity contribution < 1.29 is 0 Å². The number of nitrogens with one attached hydrogen (secondary N) is 1. The SMILES string of the molecule is CCCCc1ccc([C@@H](NCc2cc(=O)n3c(C)cccc3n2)C(C)C)cc1. The van der Waals surface area contributed by atoms with Crippen LogP contribution in [0, 0.1) is 12.8 Å². The Morgan fingerprint density at radius 3 is 2.54 bits per heavy atom. The van der Waals surface area contributed by atoms with E-state index in [0.29, 0.717) is 18.1 Å². The lowest BCUT2D eigenvalue weighted by Crippen LogP contribution is -2.27. The fourth-order valence-electron chi connectivity index (χ4n) is 3.68. The van der Waals surface area contributed by atoms with Gasteiger partial charge in [-0.2, -0.15) is 0 Å². The highest BCUT2D eigenvalue weighted by atomic mass is 16.1. The quantitative estimate of drug-likeness (QED) is 0.611. The minimum absolute atomic E-state index is 0.0266. The summed E-state index contributed by atoms with van der Waals surface area (Å²) in [6, 6.07) is 16.5.